The minimum Gasteiger partial charge on any atom is -0.355 e. The minimum atomic E-state index is -0.943. The van der Waals surface area contributed by atoms with Crippen LogP contribution in [0.5, 0.6) is 0 Å². The molecular weight excluding hydrogens is 1050 g/mol. The molecule has 0 radical (unpaired) electrons. The lowest BCUT2D eigenvalue weighted by Crippen LogP contribution is -2.10. The molecule has 0 saturated carbocycles. The van der Waals surface area contributed by atoms with E-state index in [0.29, 0.717) is 17.4 Å². The topological polar surface area (TPSA) is 62.5 Å². The number of nitriles is 1. The maximum Gasteiger partial charge on any atom is 0.223 e. The van der Waals surface area contributed by atoms with Gasteiger partial charge in [-0.2, -0.15) is 5.26 Å². The number of aromatic nitrogens is 3. The Morgan fingerprint density at radius 3 is 0.906 bits per heavy atom. The number of halogens is 2. The molecule has 11 rings (SSSR count). The van der Waals surface area contributed by atoms with Crippen LogP contribution in [-0.4, -0.2) is 14.1 Å². The molecule has 0 aliphatic heterocycles. The van der Waals surface area contributed by atoms with Crippen molar-refractivity contribution in [1.29, 1.82) is 5.26 Å². The molecule has 11 aromatic rings. The maximum absolute atomic E-state index is 12.6. The summed E-state index contributed by atoms with van der Waals surface area (Å²) in [4.78, 5) is 14.4. The Morgan fingerprint density at radius 2 is 0.635 bits per heavy atom. The molecule has 1 N–H and O–H groups in total. The molecule has 8 aromatic carbocycles. The number of nitrogens with zero attached hydrogens (tertiary/aromatic N) is 6. The highest BCUT2D eigenvalue weighted by Gasteiger charge is 2.27. The first kappa shape index (κ1) is 60.6. The fourth-order valence-electron chi connectivity index (χ4n) is 11.1. The van der Waals surface area contributed by atoms with Crippen LogP contribution in [0.2, 0.25) is 0 Å². The second-order valence-electron chi connectivity index (χ2n) is 28.8. The van der Waals surface area contributed by atoms with E-state index in [9.17, 15) is 8.78 Å². The van der Waals surface area contributed by atoms with Crippen molar-refractivity contribution in [3.63, 3.8) is 0 Å². The molecule has 85 heavy (non-hydrogen) atoms. The highest BCUT2D eigenvalue weighted by atomic mass is 19.1. The van der Waals surface area contributed by atoms with Gasteiger partial charge < -0.3 is 14.1 Å². The van der Waals surface area contributed by atoms with Crippen LogP contribution in [0.4, 0.5) is 25.8 Å². The van der Waals surface area contributed by atoms with Crippen molar-refractivity contribution in [2.24, 2.45) is 0 Å². The number of nitrogens with one attached hydrogen (secondary N) is 1. The van der Waals surface area contributed by atoms with Crippen molar-refractivity contribution in [1.82, 2.24) is 14.1 Å². The lowest BCUT2D eigenvalue weighted by atomic mass is 9.85. The van der Waals surface area contributed by atoms with Gasteiger partial charge in [0.25, 0.3) is 0 Å². The van der Waals surface area contributed by atoms with E-state index in [4.69, 9.17) is 25.0 Å². The van der Waals surface area contributed by atoms with Crippen molar-refractivity contribution in [2.45, 2.75) is 157 Å². The quantitative estimate of drug-likeness (QED) is 0.172. The largest absolute Gasteiger partial charge is 0.355 e. The van der Waals surface area contributed by atoms with E-state index in [0.717, 1.165) is 39.5 Å². The Kier molecular flexibility index (Phi) is 15.4. The second kappa shape index (κ2) is 21.6. The standard InChI is InChI=1S/C48H50N4.C20H25N.C8H2F2N2/c1-45(2,3)29-15-19-39-33(23-29)34-24-30(46(4,5)6)16-20-40(34)51(39)43-28-44(38(50-14)27-37(43)49-13)52-41-21-17-31(47(7,8)9)25-35(41)36-26-32(48(10,11)12)18-22-42(36)52;1-19(2,3)13-7-9-17-15(11-13)16-12-14(20(4,5)6)8-10-18(16)21-17;1-12-8-2-5(4-11)6(9)3-7(8)10/h15-28H,1-12H3;7-12,21H,1-6H3;2-3H. The molecule has 0 atom stereocenters. The molecule has 3 aromatic heterocycles. The number of hydrogen-bond acceptors (Lipinski definition) is 1. The van der Waals surface area contributed by atoms with Crippen LogP contribution in [-0.2, 0) is 32.5 Å². The molecule has 0 spiro atoms. The first-order chi connectivity index (χ1) is 39.6. The third kappa shape index (κ3) is 11.7. The van der Waals surface area contributed by atoms with Gasteiger partial charge in [0.15, 0.2) is 0 Å². The third-order valence-electron chi connectivity index (χ3n) is 16.4. The van der Waals surface area contributed by atoms with Crippen molar-refractivity contribution in [2.75, 3.05) is 0 Å². The predicted octanol–water partition coefficient (Wildman–Crippen LogP) is 22.5. The number of hydrogen-bond donors (Lipinski definition) is 1. The minimum absolute atomic E-state index is 0.0212. The van der Waals surface area contributed by atoms with Gasteiger partial charge in [-0.15, -0.1) is 0 Å². The van der Waals surface area contributed by atoms with Gasteiger partial charge in [-0.1, -0.05) is 161 Å². The predicted molar refractivity (Wildman–Crippen MR) is 353 cm³/mol. The number of fused-ring (bicyclic) bond motifs is 9. The summed E-state index contributed by atoms with van der Waals surface area (Å²) >= 11 is 0. The summed E-state index contributed by atoms with van der Waals surface area (Å²) in [6.45, 7) is 63.9. The Morgan fingerprint density at radius 1 is 0.353 bits per heavy atom. The van der Waals surface area contributed by atoms with Gasteiger partial charge in [-0.05, 0) is 157 Å². The van der Waals surface area contributed by atoms with Gasteiger partial charge in [-0.3, -0.25) is 0 Å². The molecule has 0 fully saturated rings. The monoisotopic (exact) mass is 1130 g/mol. The summed E-state index contributed by atoms with van der Waals surface area (Å²) in [5, 5.41) is 15.7. The summed E-state index contributed by atoms with van der Waals surface area (Å²) < 4.78 is 29.7. The van der Waals surface area contributed by atoms with Crippen molar-refractivity contribution in [3.8, 4) is 17.4 Å². The Bertz CT molecular complexity index is 4230. The summed E-state index contributed by atoms with van der Waals surface area (Å²) in [5.74, 6) is -1.89. The highest BCUT2D eigenvalue weighted by Crippen LogP contribution is 2.46. The van der Waals surface area contributed by atoms with E-state index < -0.39 is 11.6 Å². The zero-order chi connectivity index (χ0) is 62.3. The first-order valence-corrected chi connectivity index (χ1v) is 29.0. The van der Waals surface area contributed by atoms with E-state index in [1.54, 1.807) is 6.07 Å². The smallest absolute Gasteiger partial charge is 0.223 e. The molecule has 0 unspecified atom stereocenters. The van der Waals surface area contributed by atoms with Crippen LogP contribution < -0.4 is 0 Å². The Hall–Kier alpha value is -9.02. The van der Waals surface area contributed by atoms with Gasteiger partial charge in [0, 0.05) is 49.4 Å². The first-order valence-electron chi connectivity index (χ1n) is 29.0. The number of H-pyrrole nitrogens is 1. The Balaban J connectivity index is 0.000000212. The van der Waals surface area contributed by atoms with E-state index >= 15 is 0 Å². The molecule has 9 heteroatoms. The van der Waals surface area contributed by atoms with Crippen LogP contribution in [0, 0.1) is 42.7 Å². The van der Waals surface area contributed by atoms with E-state index in [2.05, 4.69) is 269 Å². The zero-order valence-corrected chi connectivity index (χ0v) is 52.6. The van der Waals surface area contributed by atoms with Gasteiger partial charge in [0.1, 0.15) is 17.7 Å². The summed E-state index contributed by atoms with van der Waals surface area (Å²) in [6.07, 6.45) is 0. The van der Waals surface area contributed by atoms with Crippen molar-refractivity contribution >= 4 is 82.5 Å². The van der Waals surface area contributed by atoms with Crippen LogP contribution >= 0.6 is 0 Å². The van der Waals surface area contributed by atoms with Crippen molar-refractivity contribution < 1.29 is 8.78 Å². The average Bonchev–Trinajstić information content (AvgIpc) is 1.66. The fourth-order valence-corrected chi connectivity index (χ4v) is 11.1. The molecule has 0 saturated heterocycles. The average molecular weight is 1130 g/mol. The molecule has 0 aliphatic rings. The lowest BCUT2D eigenvalue weighted by molar-refractivity contribution is 0.584. The van der Waals surface area contributed by atoms with Crippen LogP contribution in [0.3, 0.4) is 0 Å². The zero-order valence-electron chi connectivity index (χ0n) is 52.6. The fraction of sp³-hybridized carbons (Fsp3) is 0.316. The molecule has 3 heterocycles. The van der Waals surface area contributed by atoms with Crippen LogP contribution in [0.25, 0.3) is 91.3 Å². The van der Waals surface area contributed by atoms with Gasteiger partial charge in [0.2, 0.25) is 17.1 Å². The van der Waals surface area contributed by atoms with Crippen molar-refractivity contribution in [3.05, 3.63) is 218 Å². The molecule has 0 bridgehead atoms. The van der Waals surface area contributed by atoms with E-state index in [1.807, 2.05) is 0 Å². The summed E-state index contributed by atoms with van der Waals surface area (Å²) in [7, 11) is 0. The number of rotatable bonds is 2. The number of benzene rings is 8. The summed E-state index contributed by atoms with van der Waals surface area (Å²) in [6, 6.07) is 47.5. The Labute approximate surface area is 501 Å². The normalized spacial score (nSPS) is 12.4. The van der Waals surface area contributed by atoms with E-state index in [1.165, 1.54) is 82.8 Å². The summed E-state index contributed by atoms with van der Waals surface area (Å²) in [5.41, 5.74) is 16.6. The molecule has 7 nitrogen and oxygen atoms in total. The highest BCUT2D eigenvalue weighted by molar-refractivity contribution is 6.12. The molecular formula is C76H77F2N7. The lowest BCUT2D eigenvalue weighted by Gasteiger charge is -2.20. The molecule has 430 valence electrons. The maximum atomic E-state index is 12.6. The van der Waals surface area contributed by atoms with Gasteiger partial charge in [0.05, 0.1) is 58.7 Å². The number of aromatic amines is 1. The van der Waals surface area contributed by atoms with Crippen LogP contribution in [0.1, 0.15) is 164 Å². The van der Waals surface area contributed by atoms with Gasteiger partial charge >= 0.3 is 0 Å². The second-order valence-corrected chi connectivity index (χ2v) is 28.8. The SMILES string of the molecule is CC(C)(C)c1ccc2[nH]c3ccc(C(C)(C)C)cc3c2c1.[C-]#[N+]c1cc(C#N)c(F)cc1F.[C-]#[N+]c1cc([N+]#[C-])c(-n2c3ccc(C(C)(C)C)cc3c3cc(C(C)(C)C)ccc32)cc1-n1c2ccc(C(C)(C)C)cc2c2cc(C(C)(C)C)ccc21. The molecule has 0 amide bonds. The molecule has 0 aliphatic carbocycles. The van der Waals surface area contributed by atoms with Gasteiger partial charge in [-0.25, -0.2) is 23.3 Å². The van der Waals surface area contributed by atoms with E-state index in [-0.39, 0.29) is 43.7 Å². The van der Waals surface area contributed by atoms with Crippen LogP contribution in [0.15, 0.2) is 133 Å². The third-order valence-corrected chi connectivity index (χ3v) is 16.4.